The highest BCUT2D eigenvalue weighted by Gasteiger charge is 2.19. The number of aromatic carboxylic acids is 1. The van der Waals surface area contributed by atoms with Crippen LogP contribution in [-0.4, -0.2) is 48.2 Å². The third-order valence-corrected chi connectivity index (χ3v) is 3.48. The Balaban J connectivity index is 2.58. The standard InChI is InChI=1S/C16H18N2O6/c1-22-11-6-4-10(5-7-11)14-17-8-12(16(20)21)15(19)18(14)9-13(23-2)24-3/h4-8,13H,9H2,1-3H3,(H,20,21). The molecule has 8 nitrogen and oxygen atoms in total. The molecule has 1 aromatic carbocycles. The van der Waals surface area contributed by atoms with Crippen LogP contribution < -0.4 is 10.3 Å². The minimum Gasteiger partial charge on any atom is -0.497 e. The van der Waals surface area contributed by atoms with E-state index in [0.29, 0.717) is 17.1 Å². The van der Waals surface area contributed by atoms with Gasteiger partial charge in [-0.15, -0.1) is 0 Å². The van der Waals surface area contributed by atoms with Gasteiger partial charge in [0.05, 0.1) is 13.7 Å². The van der Waals surface area contributed by atoms with Crippen molar-refractivity contribution < 1.29 is 24.1 Å². The minimum atomic E-state index is -1.34. The van der Waals surface area contributed by atoms with E-state index in [0.717, 1.165) is 6.20 Å². The van der Waals surface area contributed by atoms with Crippen LogP contribution in [-0.2, 0) is 16.0 Å². The number of rotatable bonds is 7. The molecule has 0 aliphatic heterocycles. The largest absolute Gasteiger partial charge is 0.497 e. The lowest BCUT2D eigenvalue weighted by Gasteiger charge is -2.18. The van der Waals surface area contributed by atoms with Gasteiger partial charge in [0.2, 0.25) is 0 Å². The van der Waals surface area contributed by atoms with E-state index in [4.69, 9.17) is 19.3 Å². The zero-order valence-electron chi connectivity index (χ0n) is 13.6. The molecule has 2 rings (SSSR count). The molecular formula is C16H18N2O6. The monoisotopic (exact) mass is 334 g/mol. The van der Waals surface area contributed by atoms with Crippen LogP contribution in [0.4, 0.5) is 0 Å². The first-order valence-electron chi connectivity index (χ1n) is 7.05. The van der Waals surface area contributed by atoms with Crippen LogP contribution in [0.2, 0.25) is 0 Å². The molecule has 0 spiro atoms. The van der Waals surface area contributed by atoms with Crippen molar-refractivity contribution in [2.24, 2.45) is 0 Å². The lowest BCUT2D eigenvalue weighted by Crippen LogP contribution is -2.33. The Morgan fingerprint density at radius 3 is 2.33 bits per heavy atom. The van der Waals surface area contributed by atoms with Crippen LogP contribution in [0, 0.1) is 0 Å². The molecule has 0 fully saturated rings. The minimum absolute atomic E-state index is 0.00131. The Morgan fingerprint density at radius 2 is 1.83 bits per heavy atom. The highest BCUT2D eigenvalue weighted by Crippen LogP contribution is 2.20. The molecule has 0 aliphatic carbocycles. The van der Waals surface area contributed by atoms with Gasteiger partial charge < -0.3 is 19.3 Å². The Kier molecular flexibility index (Phi) is 5.67. The third kappa shape index (κ3) is 3.61. The highest BCUT2D eigenvalue weighted by molar-refractivity contribution is 5.87. The van der Waals surface area contributed by atoms with Crippen LogP contribution in [0.5, 0.6) is 5.75 Å². The molecule has 1 aromatic heterocycles. The van der Waals surface area contributed by atoms with Crippen molar-refractivity contribution >= 4 is 5.97 Å². The summed E-state index contributed by atoms with van der Waals surface area (Å²) in [6.45, 7) is 0.00131. The first-order valence-corrected chi connectivity index (χ1v) is 7.05. The lowest BCUT2D eigenvalue weighted by molar-refractivity contribution is -0.111. The van der Waals surface area contributed by atoms with E-state index >= 15 is 0 Å². The predicted molar refractivity (Wildman–Crippen MR) is 85.3 cm³/mol. The number of carbonyl (C=O) groups is 1. The summed E-state index contributed by atoms with van der Waals surface area (Å²) >= 11 is 0. The Labute approximate surface area is 138 Å². The van der Waals surface area contributed by atoms with Crippen LogP contribution >= 0.6 is 0 Å². The Hall–Kier alpha value is -2.71. The van der Waals surface area contributed by atoms with Crippen molar-refractivity contribution in [2.75, 3.05) is 21.3 Å². The first-order chi connectivity index (χ1) is 11.5. The molecule has 0 saturated heterocycles. The molecule has 128 valence electrons. The van der Waals surface area contributed by atoms with E-state index < -0.39 is 23.4 Å². The number of methoxy groups -OCH3 is 3. The van der Waals surface area contributed by atoms with E-state index in [1.165, 1.54) is 18.8 Å². The van der Waals surface area contributed by atoms with Gasteiger partial charge in [0, 0.05) is 26.0 Å². The molecule has 24 heavy (non-hydrogen) atoms. The number of carboxylic acid groups (broad SMARTS) is 1. The van der Waals surface area contributed by atoms with E-state index in [9.17, 15) is 9.59 Å². The topological polar surface area (TPSA) is 99.9 Å². The van der Waals surface area contributed by atoms with Gasteiger partial charge in [-0.25, -0.2) is 9.78 Å². The second kappa shape index (κ2) is 7.71. The average Bonchev–Trinajstić information content (AvgIpc) is 2.60. The van der Waals surface area contributed by atoms with Crippen molar-refractivity contribution in [1.82, 2.24) is 9.55 Å². The highest BCUT2D eigenvalue weighted by atomic mass is 16.7. The summed E-state index contributed by atoms with van der Waals surface area (Å²) in [5, 5.41) is 9.14. The molecule has 0 saturated carbocycles. The summed E-state index contributed by atoms with van der Waals surface area (Å²) in [6.07, 6.45) is 0.334. The van der Waals surface area contributed by atoms with E-state index in [2.05, 4.69) is 4.98 Å². The molecule has 0 radical (unpaired) electrons. The van der Waals surface area contributed by atoms with E-state index in [-0.39, 0.29) is 6.54 Å². The van der Waals surface area contributed by atoms with Crippen molar-refractivity contribution in [3.05, 3.63) is 46.4 Å². The molecule has 0 unspecified atom stereocenters. The van der Waals surface area contributed by atoms with E-state index in [1.807, 2.05) is 0 Å². The fourth-order valence-electron chi connectivity index (χ4n) is 2.17. The number of hydrogen-bond donors (Lipinski definition) is 1. The SMILES string of the molecule is COc1ccc(-c2ncc(C(=O)O)c(=O)n2CC(OC)OC)cc1. The normalized spacial score (nSPS) is 10.8. The molecule has 0 bridgehead atoms. The van der Waals surface area contributed by atoms with Gasteiger partial charge in [-0.3, -0.25) is 9.36 Å². The van der Waals surface area contributed by atoms with E-state index in [1.54, 1.807) is 31.4 Å². The molecular weight excluding hydrogens is 316 g/mol. The summed E-state index contributed by atoms with van der Waals surface area (Å²) in [4.78, 5) is 27.8. The zero-order chi connectivity index (χ0) is 17.7. The Bertz CT molecular complexity index is 765. The predicted octanol–water partition coefficient (Wildman–Crippen LogP) is 1.24. The van der Waals surface area contributed by atoms with Gasteiger partial charge >= 0.3 is 5.97 Å². The van der Waals surface area contributed by atoms with Crippen molar-refractivity contribution in [1.29, 1.82) is 0 Å². The van der Waals surface area contributed by atoms with Gasteiger partial charge in [0.15, 0.2) is 6.29 Å². The van der Waals surface area contributed by atoms with Crippen LogP contribution in [0.15, 0.2) is 35.3 Å². The number of aromatic nitrogens is 2. The smallest absolute Gasteiger partial charge is 0.342 e. The van der Waals surface area contributed by atoms with Gasteiger partial charge in [-0.2, -0.15) is 0 Å². The maximum Gasteiger partial charge on any atom is 0.342 e. The molecule has 2 aromatic rings. The fraction of sp³-hybridized carbons (Fsp3) is 0.312. The summed E-state index contributed by atoms with van der Waals surface area (Å²) in [6, 6.07) is 6.90. The van der Waals surface area contributed by atoms with Crippen LogP contribution in [0.3, 0.4) is 0 Å². The molecule has 1 heterocycles. The first kappa shape index (κ1) is 17.6. The van der Waals surface area contributed by atoms with Crippen molar-refractivity contribution in [3.63, 3.8) is 0 Å². The van der Waals surface area contributed by atoms with Crippen molar-refractivity contribution in [3.8, 4) is 17.1 Å². The molecule has 8 heteroatoms. The fourth-order valence-corrected chi connectivity index (χ4v) is 2.17. The van der Waals surface area contributed by atoms with Gasteiger partial charge in [0.25, 0.3) is 5.56 Å². The lowest BCUT2D eigenvalue weighted by atomic mass is 10.2. The maximum atomic E-state index is 12.5. The van der Waals surface area contributed by atoms with Crippen LogP contribution in [0.25, 0.3) is 11.4 Å². The number of hydrogen-bond acceptors (Lipinski definition) is 6. The average molecular weight is 334 g/mol. The molecule has 0 aliphatic rings. The Morgan fingerprint density at radius 1 is 1.21 bits per heavy atom. The second-order valence-electron chi connectivity index (χ2n) is 4.85. The molecule has 0 amide bonds. The zero-order valence-corrected chi connectivity index (χ0v) is 13.6. The van der Waals surface area contributed by atoms with Gasteiger partial charge in [-0.05, 0) is 24.3 Å². The summed E-state index contributed by atoms with van der Waals surface area (Å²) in [5.74, 6) is -0.373. The quantitative estimate of drug-likeness (QED) is 0.760. The van der Waals surface area contributed by atoms with Gasteiger partial charge in [-0.1, -0.05) is 0 Å². The van der Waals surface area contributed by atoms with Crippen molar-refractivity contribution in [2.45, 2.75) is 12.8 Å². The third-order valence-electron chi connectivity index (χ3n) is 3.48. The summed E-state index contributed by atoms with van der Waals surface area (Å²) in [7, 11) is 4.41. The summed E-state index contributed by atoms with van der Waals surface area (Å²) in [5.41, 5.74) is -0.462. The van der Waals surface area contributed by atoms with Gasteiger partial charge in [0.1, 0.15) is 17.1 Å². The number of nitrogens with zero attached hydrogens (tertiary/aromatic N) is 2. The maximum absolute atomic E-state index is 12.5. The number of carboxylic acids is 1. The summed E-state index contributed by atoms with van der Waals surface area (Å²) < 4.78 is 16.5. The molecule has 0 atom stereocenters. The van der Waals surface area contributed by atoms with Crippen LogP contribution in [0.1, 0.15) is 10.4 Å². The number of benzene rings is 1. The number of ether oxygens (including phenoxy) is 3. The second-order valence-corrected chi connectivity index (χ2v) is 4.85. The molecule has 1 N–H and O–H groups in total.